The van der Waals surface area contributed by atoms with Crippen LogP contribution in [0.2, 0.25) is 0 Å². The van der Waals surface area contributed by atoms with Crippen molar-refractivity contribution < 1.29 is 0 Å². The lowest BCUT2D eigenvalue weighted by atomic mass is 10.0. The van der Waals surface area contributed by atoms with Crippen LogP contribution in [0.4, 0.5) is 17.5 Å². The van der Waals surface area contributed by atoms with Crippen molar-refractivity contribution in [2.45, 2.75) is 40.2 Å². The summed E-state index contributed by atoms with van der Waals surface area (Å²) < 4.78 is 0. The number of nitrogens with zero attached hydrogens (tertiary/aromatic N) is 2. The van der Waals surface area contributed by atoms with Gasteiger partial charge >= 0.3 is 0 Å². The van der Waals surface area contributed by atoms with Crippen molar-refractivity contribution in [1.29, 1.82) is 0 Å². The van der Waals surface area contributed by atoms with Crippen molar-refractivity contribution in [2.24, 2.45) is 0 Å². The van der Waals surface area contributed by atoms with Crippen molar-refractivity contribution in [3.63, 3.8) is 0 Å². The van der Waals surface area contributed by atoms with Gasteiger partial charge < -0.3 is 10.6 Å². The molecular weight excluding hydrogens is 320 g/mol. The zero-order chi connectivity index (χ0) is 18.5. The van der Waals surface area contributed by atoms with Crippen LogP contribution in [0.1, 0.15) is 42.1 Å². The molecule has 0 bridgehead atoms. The quantitative estimate of drug-likeness (QED) is 0.612. The average Bonchev–Trinajstić information content (AvgIpc) is 2.61. The Morgan fingerprint density at radius 2 is 1.65 bits per heavy atom. The molecule has 4 heteroatoms. The summed E-state index contributed by atoms with van der Waals surface area (Å²) in [5, 5.41) is 6.70. The molecule has 1 aromatic heterocycles. The molecule has 134 valence electrons. The van der Waals surface area contributed by atoms with Crippen molar-refractivity contribution in [1.82, 2.24) is 9.97 Å². The molecule has 0 fully saturated rings. The summed E-state index contributed by atoms with van der Waals surface area (Å²) in [6, 6.07) is 18.7. The van der Waals surface area contributed by atoms with E-state index in [-0.39, 0.29) is 0 Å². The number of rotatable bonds is 6. The van der Waals surface area contributed by atoms with Gasteiger partial charge in [-0.1, -0.05) is 50.2 Å². The molecule has 0 amide bonds. The first-order chi connectivity index (χ1) is 12.5. The second-order valence-corrected chi connectivity index (χ2v) is 6.90. The SMILES string of the molecule is Cc1cc(NCc2ccccc2C)nc(Nc2ccc(C(C)C)cc2)n1. The molecule has 2 aromatic carbocycles. The number of aryl methyl sites for hydroxylation is 2. The van der Waals surface area contributed by atoms with Crippen LogP contribution in [0.15, 0.2) is 54.6 Å². The third kappa shape index (κ3) is 4.60. The minimum Gasteiger partial charge on any atom is -0.366 e. The summed E-state index contributed by atoms with van der Waals surface area (Å²) in [6.45, 7) is 9.23. The van der Waals surface area contributed by atoms with E-state index in [1.165, 1.54) is 16.7 Å². The lowest BCUT2D eigenvalue weighted by Crippen LogP contribution is -2.06. The van der Waals surface area contributed by atoms with Gasteiger partial charge in [-0.05, 0) is 48.6 Å². The monoisotopic (exact) mass is 346 g/mol. The molecule has 0 spiro atoms. The Balaban J connectivity index is 1.72. The topological polar surface area (TPSA) is 49.8 Å². The molecule has 0 saturated carbocycles. The first kappa shape index (κ1) is 17.9. The van der Waals surface area contributed by atoms with Gasteiger partial charge in [0, 0.05) is 24.0 Å². The van der Waals surface area contributed by atoms with E-state index in [2.05, 4.69) is 89.9 Å². The molecule has 4 nitrogen and oxygen atoms in total. The van der Waals surface area contributed by atoms with E-state index >= 15 is 0 Å². The minimum absolute atomic E-state index is 0.525. The molecule has 0 saturated heterocycles. The van der Waals surface area contributed by atoms with Gasteiger partial charge in [0.1, 0.15) is 5.82 Å². The third-order valence-electron chi connectivity index (χ3n) is 4.41. The highest BCUT2D eigenvalue weighted by Crippen LogP contribution is 2.20. The van der Waals surface area contributed by atoms with E-state index in [4.69, 9.17) is 0 Å². The first-order valence-electron chi connectivity index (χ1n) is 9.02. The summed E-state index contributed by atoms with van der Waals surface area (Å²) in [6.07, 6.45) is 0. The molecule has 1 heterocycles. The fraction of sp³-hybridized carbons (Fsp3) is 0.273. The molecule has 2 N–H and O–H groups in total. The summed E-state index contributed by atoms with van der Waals surface area (Å²) in [5.74, 6) is 1.95. The molecule has 0 aliphatic carbocycles. The number of hydrogen-bond donors (Lipinski definition) is 2. The number of nitrogens with one attached hydrogen (secondary N) is 2. The van der Waals surface area contributed by atoms with Crippen molar-refractivity contribution in [3.8, 4) is 0 Å². The average molecular weight is 346 g/mol. The number of anilines is 3. The number of aromatic nitrogens is 2. The zero-order valence-electron chi connectivity index (χ0n) is 15.9. The highest BCUT2D eigenvalue weighted by molar-refractivity contribution is 5.56. The summed E-state index contributed by atoms with van der Waals surface area (Å²) >= 11 is 0. The second kappa shape index (κ2) is 8.00. The lowest BCUT2D eigenvalue weighted by molar-refractivity contribution is 0.867. The van der Waals surface area contributed by atoms with Gasteiger partial charge in [0.15, 0.2) is 0 Å². The molecule has 26 heavy (non-hydrogen) atoms. The van der Waals surface area contributed by atoms with E-state index in [1.54, 1.807) is 0 Å². The normalized spacial score (nSPS) is 10.8. The molecule has 3 rings (SSSR count). The van der Waals surface area contributed by atoms with Gasteiger partial charge in [0.25, 0.3) is 0 Å². The highest BCUT2D eigenvalue weighted by Gasteiger charge is 2.05. The minimum atomic E-state index is 0.525. The Hall–Kier alpha value is -2.88. The number of hydrogen-bond acceptors (Lipinski definition) is 4. The van der Waals surface area contributed by atoms with E-state index in [0.717, 1.165) is 23.7 Å². The second-order valence-electron chi connectivity index (χ2n) is 6.90. The largest absolute Gasteiger partial charge is 0.366 e. The first-order valence-corrected chi connectivity index (χ1v) is 9.02. The van der Waals surface area contributed by atoms with Crippen molar-refractivity contribution in [3.05, 3.63) is 77.0 Å². The maximum atomic E-state index is 4.60. The van der Waals surface area contributed by atoms with Crippen LogP contribution in [-0.4, -0.2) is 9.97 Å². The van der Waals surface area contributed by atoms with E-state index in [0.29, 0.717) is 11.9 Å². The standard InChI is InChI=1S/C22H26N4/c1-15(2)18-9-11-20(12-10-18)25-22-24-17(4)13-21(26-22)23-14-19-8-6-5-7-16(19)3/h5-13,15H,14H2,1-4H3,(H2,23,24,25,26). The Bertz CT molecular complexity index is 870. The maximum Gasteiger partial charge on any atom is 0.229 e. The van der Waals surface area contributed by atoms with Gasteiger partial charge in [0.05, 0.1) is 0 Å². The third-order valence-corrected chi connectivity index (χ3v) is 4.41. The van der Waals surface area contributed by atoms with E-state index in [9.17, 15) is 0 Å². The predicted molar refractivity (Wildman–Crippen MR) is 109 cm³/mol. The summed E-state index contributed by atoms with van der Waals surface area (Å²) in [4.78, 5) is 9.09. The summed E-state index contributed by atoms with van der Waals surface area (Å²) in [5.41, 5.74) is 5.77. The van der Waals surface area contributed by atoms with Gasteiger partial charge in [-0.15, -0.1) is 0 Å². The van der Waals surface area contributed by atoms with Gasteiger partial charge in [-0.2, -0.15) is 4.98 Å². The lowest BCUT2D eigenvalue weighted by Gasteiger charge is -2.12. The van der Waals surface area contributed by atoms with Crippen molar-refractivity contribution >= 4 is 17.5 Å². The molecule has 0 unspecified atom stereocenters. The Labute approximate surface area is 155 Å². The van der Waals surface area contributed by atoms with Gasteiger partial charge in [0.2, 0.25) is 5.95 Å². The Kier molecular flexibility index (Phi) is 5.52. The molecule has 0 radical (unpaired) electrons. The van der Waals surface area contributed by atoms with Crippen LogP contribution in [0.3, 0.4) is 0 Å². The molecule has 0 aliphatic rings. The Morgan fingerprint density at radius 1 is 0.923 bits per heavy atom. The molecular formula is C22H26N4. The summed E-state index contributed by atoms with van der Waals surface area (Å²) in [7, 11) is 0. The van der Waals surface area contributed by atoms with E-state index < -0.39 is 0 Å². The maximum absolute atomic E-state index is 4.60. The highest BCUT2D eigenvalue weighted by atomic mass is 15.1. The van der Waals surface area contributed by atoms with Crippen LogP contribution in [0.25, 0.3) is 0 Å². The smallest absolute Gasteiger partial charge is 0.229 e. The molecule has 0 atom stereocenters. The fourth-order valence-electron chi connectivity index (χ4n) is 2.79. The zero-order valence-corrected chi connectivity index (χ0v) is 15.9. The van der Waals surface area contributed by atoms with E-state index in [1.807, 2.05) is 13.0 Å². The van der Waals surface area contributed by atoms with Crippen LogP contribution in [0, 0.1) is 13.8 Å². The van der Waals surface area contributed by atoms with Gasteiger partial charge in [-0.3, -0.25) is 0 Å². The van der Waals surface area contributed by atoms with Crippen molar-refractivity contribution in [2.75, 3.05) is 10.6 Å². The van der Waals surface area contributed by atoms with Crippen LogP contribution < -0.4 is 10.6 Å². The van der Waals surface area contributed by atoms with Crippen LogP contribution in [-0.2, 0) is 6.54 Å². The molecule has 3 aromatic rings. The molecule has 0 aliphatic heterocycles. The van der Waals surface area contributed by atoms with Crippen LogP contribution >= 0.6 is 0 Å². The fourth-order valence-corrected chi connectivity index (χ4v) is 2.79. The number of benzene rings is 2. The van der Waals surface area contributed by atoms with Crippen LogP contribution in [0.5, 0.6) is 0 Å². The van der Waals surface area contributed by atoms with Gasteiger partial charge in [-0.25, -0.2) is 4.98 Å². The predicted octanol–water partition coefficient (Wildman–Crippen LogP) is 5.57. The Morgan fingerprint density at radius 3 is 2.35 bits per heavy atom.